The van der Waals surface area contributed by atoms with Crippen molar-refractivity contribution in [2.24, 2.45) is 0 Å². The minimum absolute atomic E-state index is 0.0234. The minimum Gasteiger partial charge on any atom is -0.504 e. The summed E-state index contributed by atoms with van der Waals surface area (Å²) in [6.45, 7) is 2.14. The summed E-state index contributed by atoms with van der Waals surface area (Å²) in [4.78, 5) is 53.1. The number of phenols is 1. The van der Waals surface area contributed by atoms with Gasteiger partial charge in [-0.05, 0) is 95.0 Å². The molecule has 55 heavy (non-hydrogen) atoms. The second-order valence-electron chi connectivity index (χ2n) is 13.8. The number of anilines is 1. The lowest BCUT2D eigenvalue weighted by atomic mass is 9.80. The summed E-state index contributed by atoms with van der Waals surface area (Å²) < 4.78 is 26.3. The fraction of sp³-hybridized carbons (Fsp3) is 0.429. The molecule has 0 saturated carbocycles. The summed E-state index contributed by atoms with van der Waals surface area (Å²) in [6.07, 6.45) is 4.58. The Morgan fingerprint density at radius 1 is 0.727 bits per heavy atom. The van der Waals surface area contributed by atoms with Crippen LogP contribution < -0.4 is 20.9 Å². The van der Waals surface area contributed by atoms with Gasteiger partial charge in [-0.25, -0.2) is 0 Å². The largest absolute Gasteiger partial charge is 0.504 e. The number of hydrogen-bond acceptors (Lipinski definition) is 13. The Kier molecular flexibility index (Phi) is 12.4. The number of methoxy groups -OCH3 is 3. The third-order valence-corrected chi connectivity index (χ3v) is 10.3. The molecule has 6 rings (SSSR count). The molecule has 0 fully saturated rings. The van der Waals surface area contributed by atoms with E-state index in [4.69, 9.17) is 23.7 Å². The Labute approximate surface area is 317 Å². The molecule has 0 amide bonds. The number of benzene rings is 5. The first-order chi connectivity index (χ1) is 26.6. The van der Waals surface area contributed by atoms with Crippen LogP contribution in [0.4, 0.5) is 5.69 Å². The van der Waals surface area contributed by atoms with E-state index in [9.17, 15) is 34.5 Å². The van der Waals surface area contributed by atoms with E-state index in [0.717, 1.165) is 16.7 Å². The molecule has 5 aromatic carbocycles. The molecule has 0 aliphatic heterocycles. The summed E-state index contributed by atoms with van der Waals surface area (Å²) >= 11 is 0. The molecule has 4 N–H and O–H groups in total. The SMILES string of the molecule is COCCOC(=O)CCCCc1c(NCCCC(=O)OCCOC)c2c(=O)cc(CO)c3c4c(CO)cc(=O)c5c(O)c(OC)c6c(c(c1C=C(C)C6)c23)c54. The second-order valence-corrected chi connectivity index (χ2v) is 13.8. The van der Waals surface area contributed by atoms with Crippen LogP contribution in [-0.4, -0.2) is 81.6 Å². The number of esters is 2. The number of ether oxygens (including phenoxy) is 5. The van der Waals surface area contributed by atoms with Gasteiger partial charge in [0.2, 0.25) is 0 Å². The molecule has 0 aromatic heterocycles. The number of aliphatic hydroxyl groups is 2. The quantitative estimate of drug-likeness (QED) is 0.0389. The van der Waals surface area contributed by atoms with Crippen LogP contribution in [0.3, 0.4) is 0 Å². The van der Waals surface area contributed by atoms with Crippen molar-refractivity contribution in [2.45, 2.75) is 65.1 Å². The highest BCUT2D eigenvalue weighted by atomic mass is 16.6. The van der Waals surface area contributed by atoms with Crippen molar-refractivity contribution in [2.75, 3.05) is 59.6 Å². The van der Waals surface area contributed by atoms with Gasteiger partial charge < -0.3 is 44.3 Å². The number of aliphatic hydroxyl groups excluding tert-OH is 2. The third kappa shape index (κ3) is 7.37. The van der Waals surface area contributed by atoms with Crippen LogP contribution in [0, 0.1) is 0 Å². The highest BCUT2D eigenvalue weighted by Crippen LogP contribution is 2.53. The summed E-state index contributed by atoms with van der Waals surface area (Å²) in [6, 6.07) is 2.67. The van der Waals surface area contributed by atoms with Crippen molar-refractivity contribution >= 4 is 66.8 Å². The van der Waals surface area contributed by atoms with Crippen LogP contribution in [0.5, 0.6) is 11.5 Å². The predicted molar refractivity (Wildman–Crippen MR) is 210 cm³/mol. The molecular weight excluding hydrogens is 710 g/mol. The lowest BCUT2D eigenvalue weighted by molar-refractivity contribution is -0.145. The lowest BCUT2D eigenvalue weighted by Crippen LogP contribution is -2.16. The minimum atomic E-state index is -0.509. The maximum atomic E-state index is 14.4. The number of phenolic OH excluding ortho intramolecular Hbond substituents is 1. The van der Waals surface area contributed by atoms with Crippen molar-refractivity contribution in [3.05, 3.63) is 66.0 Å². The monoisotopic (exact) mass is 757 g/mol. The molecule has 0 saturated heterocycles. The van der Waals surface area contributed by atoms with Gasteiger partial charge in [0.25, 0.3) is 0 Å². The Balaban J connectivity index is 1.65. The fourth-order valence-corrected chi connectivity index (χ4v) is 8.07. The maximum Gasteiger partial charge on any atom is 0.305 e. The molecule has 0 spiro atoms. The molecule has 0 atom stereocenters. The first-order valence-electron chi connectivity index (χ1n) is 18.5. The molecule has 0 radical (unpaired) electrons. The summed E-state index contributed by atoms with van der Waals surface area (Å²) in [5, 5.41) is 40.2. The van der Waals surface area contributed by atoms with Gasteiger partial charge in [-0.15, -0.1) is 0 Å². The number of hydrogen-bond donors (Lipinski definition) is 4. The zero-order valence-corrected chi connectivity index (χ0v) is 31.6. The number of unbranched alkanes of at least 4 members (excludes halogenated alkanes) is 1. The maximum absolute atomic E-state index is 14.4. The highest BCUT2D eigenvalue weighted by molar-refractivity contribution is 6.38. The smallest absolute Gasteiger partial charge is 0.305 e. The Morgan fingerprint density at radius 3 is 1.89 bits per heavy atom. The van der Waals surface area contributed by atoms with E-state index in [1.807, 2.05) is 13.0 Å². The van der Waals surface area contributed by atoms with E-state index in [0.29, 0.717) is 105 Å². The van der Waals surface area contributed by atoms with Gasteiger partial charge in [0.05, 0.1) is 44.3 Å². The van der Waals surface area contributed by atoms with E-state index in [-0.39, 0.29) is 66.9 Å². The zero-order chi connectivity index (χ0) is 39.4. The first kappa shape index (κ1) is 39.6. The average molecular weight is 758 g/mol. The van der Waals surface area contributed by atoms with Crippen molar-refractivity contribution in [1.82, 2.24) is 0 Å². The number of carbonyl (C=O) groups excluding carboxylic acids is 2. The van der Waals surface area contributed by atoms with Crippen LogP contribution in [0.2, 0.25) is 0 Å². The molecule has 1 aliphatic rings. The third-order valence-electron chi connectivity index (χ3n) is 10.3. The van der Waals surface area contributed by atoms with Crippen molar-refractivity contribution in [3.8, 4) is 11.5 Å². The molecule has 0 heterocycles. The van der Waals surface area contributed by atoms with E-state index in [1.54, 1.807) is 0 Å². The van der Waals surface area contributed by atoms with Gasteiger partial charge in [-0.3, -0.25) is 19.2 Å². The van der Waals surface area contributed by atoms with Gasteiger partial charge in [0, 0.05) is 55.6 Å². The second kappa shape index (κ2) is 17.2. The van der Waals surface area contributed by atoms with E-state index >= 15 is 0 Å². The lowest BCUT2D eigenvalue weighted by Gasteiger charge is -2.26. The van der Waals surface area contributed by atoms with E-state index in [2.05, 4.69) is 5.32 Å². The molecule has 292 valence electrons. The molecule has 13 heteroatoms. The highest BCUT2D eigenvalue weighted by Gasteiger charge is 2.32. The Bertz CT molecular complexity index is 2400. The van der Waals surface area contributed by atoms with Gasteiger partial charge >= 0.3 is 11.9 Å². The Hall–Kier alpha value is -5.08. The Morgan fingerprint density at radius 2 is 1.31 bits per heavy atom. The number of nitrogens with one attached hydrogen (secondary N) is 1. The molecule has 0 unspecified atom stereocenters. The van der Waals surface area contributed by atoms with Crippen LogP contribution in [-0.2, 0) is 54.6 Å². The van der Waals surface area contributed by atoms with E-state index < -0.39 is 18.6 Å². The number of allylic oxidation sites excluding steroid dienone is 1. The van der Waals surface area contributed by atoms with Crippen LogP contribution in [0.15, 0.2) is 27.3 Å². The van der Waals surface area contributed by atoms with Gasteiger partial charge in [0.1, 0.15) is 13.2 Å². The van der Waals surface area contributed by atoms with Crippen molar-refractivity contribution in [3.63, 3.8) is 0 Å². The molecule has 5 aromatic rings. The predicted octanol–water partition coefficient (Wildman–Crippen LogP) is 4.84. The molecule has 13 nitrogen and oxygen atoms in total. The molecular formula is C42H47NO12. The standard InChI is InChI=1S/C42H47NO12/c1-22-16-26-25(8-5-6-9-30(48)54-14-12-51-2)40(43-11-7-10-31(49)55-15-13-52-3)36-28(46)18-23(20-44)32-33-24(21-45)19-29(47)37-39(33)35(34(26)38(32)36)27(17-22)42(53-4)41(37)50/h16,18-19,43-45,50H,5-15,17,20-21H2,1-4H3. The number of fused-ring (bicyclic) bond motifs is 1. The summed E-state index contributed by atoms with van der Waals surface area (Å²) in [5.74, 6) is -0.885. The van der Waals surface area contributed by atoms with Gasteiger partial charge in [-0.2, -0.15) is 0 Å². The van der Waals surface area contributed by atoms with Crippen LogP contribution >= 0.6 is 0 Å². The first-order valence-corrected chi connectivity index (χ1v) is 18.5. The van der Waals surface area contributed by atoms with Crippen molar-refractivity contribution in [1.29, 1.82) is 0 Å². The normalized spacial score (nSPS) is 12.6. The molecule has 0 bridgehead atoms. The number of rotatable bonds is 19. The number of carbonyl (C=O) groups is 2. The van der Waals surface area contributed by atoms with Crippen molar-refractivity contribution < 1.29 is 48.6 Å². The van der Waals surface area contributed by atoms with Gasteiger partial charge in [-0.1, -0.05) is 11.6 Å². The van der Waals surface area contributed by atoms with Crippen LogP contribution in [0.1, 0.15) is 66.8 Å². The van der Waals surface area contributed by atoms with Crippen LogP contribution in [0.25, 0.3) is 49.2 Å². The zero-order valence-electron chi connectivity index (χ0n) is 31.6. The fourth-order valence-electron chi connectivity index (χ4n) is 8.07. The van der Waals surface area contributed by atoms with Gasteiger partial charge in [0.15, 0.2) is 22.4 Å². The average Bonchev–Trinajstić information content (AvgIpc) is 3.31. The topological polar surface area (TPSA) is 187 Å². The van der Waals surface area contributed by atoms with E-state index in [1.165, 1.54) is 33.5 Å². The number of aromatic hydroxyl groups is 1. The molecule has 1 aliphatic carbocycles. The summed E-state index contributed by atoms with van der Waals surface area (Å²) in [5.41, 5.74) is 3.44. The summed E-state index contributed by atoms with van der Waals surface area (Å²) in [7, 11) is 4.49.